The maximum atomic E-state index is 9.29. The molecule has 2 aromatic rings. The second-order valence-corrected chi connectivity index (χ2v) is 7.37. The van der Waals surface area contributed by atoms with Crippen molar-refractivity contribution in [3.63, 3.8) is 0 Å². The van der Waals surface area contributed by atoms with E-state index < -0.39 is 0 Å². The highest BCUT2D eigenvalue weighted by atomic mass is 16.5. The predicted molar refractivity (Wildman–Crippen MR) is 119 cm³/mol. The van der Waals surface area contributed by atoms with Gasteiger partial charge in [0.2, 0.25) is 0 Å². The van der Waals surface area contributed by atoms with Gasteiger partial charge in [-0.1, -0.05) is 64.7 Å². The first-order valence-corrected chi connectivity index (χ1v) is 10.8. The molecular weight excluding hydrogens is 346 g/mol. The minimum atomic E-state index is 0.253. The Kier molecular flexibility index (Phi) is 10.9. The number of nitrogens with zero attached hydrogens (tertiary/aromatic N) is 1. The summed E-state index contributed by atoms with van der Waals surface area (Å²) in [6.07, 6.45) is 15.2. The molecule has 0 aliphatic carbocycles. The fourth-order valence-electron chi connectivity index (χ4n) is 3.12. The van der Waals surface area contributed by atoms with Crippen LogP contribution in [0.15, 0.2) is 53.5 Å². The van der Waals surface area contributed by atoms with Crippen molar-refractivity contribution in [2.45, 2.75) is 71.1 Å². The van der Waals surface area contributed by atoms with Gasteiger partial charge in [-0.3, -0.25) is 4.99 Å². The molecule has 0 atom stereocenters. The topological polar surface area (TPSA) is 41.8 Å². The van der Waals surface area contributed by atoms with E-state index in [0.29, 0.717) is 0 Å². The van der Waals surface area contributed by atoms with Crippen LogP contribution in [0.1, 0.15) is 76.7 Å². The number of ether oxygens (including phenoxy) is 1. The van der Waals surface area contributed by atoms with Gasteiger partial charge >= 0.3 is 0 Å². The van der Waals surface area contributed by atoms with Crippen LogP contribution in [0.4, 0.5) is 5.69 Å². The molecule has 3 heteroatoms. The summed E-state index contributed by atoms with van der Waals surface area (Å²) >= 11 is 0. The summed E-state index contributed by atoms with van der Waals surface area (Å²) in [5.41, 5.74) is 1.85. The van der Waals surface area contributed by atoms with Gasteiger partial charge in [-0.2, -0.15) is 0 Å². The zero-order valence-corrected chi connectivity index (χ0v) is 17.3. The second kappa shape index (κ2) is 13.8. The van der Waals surface area contributed by atoms with Gasteiger partial charge in [-0.25, -0.2) is 0 Å². The standard InChI is InChI=1S/C25H35NO2/c1-2-3-4-5-6-7-8-9-10-11-20-28-25-18-12-22(13-19-25)21-26-23-14-16-24(27)17-15-23/h12-19,21,27H,2-11,20H2,1H3. The molecule has 1 N–H and O–H groups in total. The highest BCUT2D eigenvalue weighted by Crippen LogP contribution is 2.17. The lowest BCUT2D eigenvalue weighted by molar-refractivity contribution is 0.304. The molecule has 0 aliphatic heterocycles. The Hall–Kier alpha value is -2.29. The largest absolute Gasteiger partial charge is 0.508 e. The lowest BCUT2D eigenvalue weighted by Crippen LogP contribution is -1.97. The minimum Gasteiger partial charge on any atom is -0.508 e. The number of aliphatic imine (C=N–C) groups is 1. The van der Waals surface area contributed by atoms with Crippen LogP contribution >= 0.6 is 0 Å². The first kappa shape index (κ1) is 22.0. The number of hydrogen-bond donors (Lipinski definition) is 1. The number of phenolic OH excluding ortho intramolecular Hbond substituents is 1. The third-order valence-electron chi connectivity index (χ3n) is 4.86. The van der Waals surface area contributed by atoms with Crippen molar-refractivity contribution in [2.75, 3.05) is 6.61 Å². The average Bonchev–Trinajstić information content (AvgIpc) is 2.72. The highest BCUT2D eigenvalue weighted by molar-refractivity contribution is 5.82. The molecule has 3 nitrogen and oxygen atoms in total. The zero-order chi connectivity index (χ0) is 19.9. The molecule has 0 unspecified atom stereocenters. The Morgan fingerprint density at radius 3 is 1.93 bits per heavy atom. The Morgan fingerprint density at radius 2 is 1.32 bits per heavy atom. The van der Waals surface area contributed by atoms with E-state index in [0.717, 1.165) is 30.0 Å². The number of unbranched alkanes of at least 4 members (excludes halogenated alkanes) is 9. The van der Waals surface area contributed by atoms with Crippen LogP contribution in [0.25, 0.3) is 0 Å². The van der Waals surface area contributed by atoms with Crippen LogP contribution < -0.4 is 4.74 Å². The fourth-order valence-corrected chi connectivity index (χ4v) is 3.12. The van der Waals surface area contributed by atoms with Crippen LogP contribution in [-0.4, -0.2) is 17.9 Å². The van der Waals surface area contributed by atoms with E-state index in [4.69, 9.17) is 4.74 Å². The molecule has 2 aromatic carbocycles. The SMILES string of the molecule is CCCCCCCCCCCCOc1ccc(C=Nc2ccc(O)cc2)cc1. The van der Waals surface area contributed by atoms with E-state index in [1.165, 1.54) is 57.8 Å². The summed E-state index contributed by atoms with van der Waals surface area (Å²) in [6, 6.07) is 14.9. The van der Waals surface area contributed by atoms with Crippen molar-refractivity contribution in [2.24, 2.45) is 4.99 Å². The van der Waals surface area contributed by atoms with E-state index in [1.54, 1.807) is 24.3 Å². The number of hydrogen-bond acceptors (Lipinski definition) is 3. The molecule has 0 saturated carbocycles. The van der Waals surface area contributed by atoms with Crippen molar-refractivity contribution in [3.05, 3.63) is 54.1 Å². The second-order valence-electron chi connectivity index (χ2n) is 7.37. The smallest absolute Gasteiger partial charge is 0.119 e. The lowest BCUT2D eigenvalue weighted by atomic mass is 10.1. The molecular formula is C25H35NO2. The molecule has 0 aliphatic rings. The first-order chi connectivity index (χ1) is 13.8. The van der Waals surface area contributed by atoms with Gasteiger partial charge in [0.25, 0.3) is 0 Å². The van der Waals surface area contributed by atoms with Crippen molar-refractivity contribution < 1.29 is 9.84 Å². The van der Waals surface area contributed by atoms with Crippen molar-refractivity contribution in [3.8, 4) is 11.5 Å². The van der Waals surface area contributed by atoms with E-state index in [2.05, 4.69) is 11.9 Å². The molecule has 0 saturated heterocycles. The van der Waals surface area contributed by atoms with Gasteiger partial charge in [0.15, 0.2) is 0 Å². The Balaban J connectivity index is 1.54. The molecule has 0 fully saturated rings. The van der Waals surface area contributed by atoms with E-state index >= 15 is 0 Å². The molecule has 0 heterocycles. The minimum absolute atomic E-state index is 0.253. The molecule has 2 rings (SSSR count). The van der Waals surface area contributed by atoms with Gasteiger partial charge in [0.05, 0.1) is 12.3 Å². The quantitative estimate of drug-likeness (QED) is 0.273. The van der Waals surface area contributed by atoms with Crippen LogP contribution in [0, 0.1) is 0 Å². The maximum absolute atomic E-state index is 9.29. The Labute approximate surface area is 170 Å². The van der Waals surface area contributed by atoms with Gasteiger partial charge in [0, 0.05) is 6.21 Å². The van der Waals surface area contributed by atoms with Gasteiger partial charge in [-0.15, -0.1) is 0 Å². The van der Waals surface area contributed by atoms with Crippen molar-refractivity contribution >= 4 is 11.9 Å². The number of phenols is 1. The normalized spacial score (nSPS) is 11.2. The van der Waals surface area contributed by atoms with Gasteiger partial charge in [0.1, 0.15) is 11.5 Å². The monoisotopic (exact) mass is 381 g/mol. The summed E-state index contributed by atoms with van der Waals surface area (Å²) in [5.74, 6) is 1.17. The first-order valence-electron chi connectivity index (χ1n) is 10.8. The summed E-state index contributed by atoms with van der Waals surface area (Å²) in [7, 11) is 0. The van der Waals surface area contributed by atoms with E-state index in [9.17, 15) is 5.11 Å². The fraction of sp³-hybridized carbons (Fsp3) is 0.480. The predicted octanol–water partition coefficient (Wildman–Crippen LogP) is 7.44. The van der Waals surface area contributed by atoms with Gasteiger partial charge in [-0.05, 0) is 60.5 Å². The number of benzene rings is 2. The summed E-state index contributed by atoms with van der Waals surface area (Å²) in [6.45, 7) is 3.06. The van der Waals surface area contributed by atoms with Crippen LogP contribution in [0.2, 0.25) is 0 Å². The van der Waals surface area contributed by atoms with E-state index in [1.807, 2.05) is 30.5 Å². The molecule has 0 spiro atoms. The number of aromatic hydroxyl groups is 1. The molecule has 152 valence electrons. The molecule has 0 amide bonds. The molecule has 0 aromatic heterocycles. The summed E-state index contributed by atoms with van der Waals surface area (Å²) in [5, 5.41) is 9.29. The average molecular weight is 382 g/mol. The third-order valence-corrected chi connectivity index (χ3v) is 4.86. The van der Waals surface area contributed by atoms with Crippen LogP contribution in [0.5, 0.6) is 11.5 Å². The summed E-state index contributed by atoms with van der Waals surface area (Å²) < 4.78 is 5.84. The Bertz CT molecular complexity index is 662. The van der Waals surface area contributed by atoms with Gasteiger partial charge < -0.3 is 9.84 Å². The highest BCUT2D eigenvalue weighted by Gasteiger charge is 1.96. The Morgan fingerprint density at radius 1 is 0.750 bits per heavy atom. The van der Waals surface area contributed by atoms with Crippen LogP contribution in [-0.2, 0) is 0 Å². The molecule has 0 radical (unpaired) electrons. The maximum Gasteiger partial charge on any atom is 0.119 e. The van der Waals surface area contributed by atoms with Crippen LogP contribution in [0.3, 0.4) is 0 Å². The van der Waals surface area contributed by atoms with E-state index in [-0.39, 0.29) is 5.75 Å². The lowest BCUT2D eigenvalue weighted by Gasteiger charge is -2.06. The molecule has 0 bridgehead atoms. The van der Waals surface area contributed by atoms with Crippen molar-refractivity contribution in [1.82, 2.24) is 0 Å². The zero-order valence-electron chi connectivity index (χ0n) is 17.3. The summed E-state index contributed by atoms with van der Waals surface area (Å²) in [4.78, 5) is 4.40. The molecule has 28 heavy (non-hydrogen) atoms. The third kappa shape index (κ3) is 9.59. The van der Waals surface area contributed by atoms with Crippen molar-refractivity contribution in [1.29, 1.82) is 0 Å². The number of rotatable bonds is 14.